The van der Waals surface area contributed by atoms with Crippen LogP contribution in [0.3, 0.4) is 0 Å². The Bertz CT molecular complexity index is 575. The lowest BCUT2D eigenvalue weighted by Crippen LogP contribution is -2.37. The van der Waals surface area contributed by atoms with Gasteiger partial charge in [-0.2, -0.15) is 0 Å². The predicted octanol–water partition coefficient (Wildman–Crippen LogP) is 2.16. The summed E-state index contributed by atoms with van der Waals surface area (Å²) in [6.45, 7) is 3.61. The normalized spacial score (nSPS) is 19.1. The zero-order valence-electron chi connectivity index (χ0n) is 12.8. The van der Waals surface area contributed by atoms with Crippen LogP contribution in [0.4, 0.5) is 10.1 Å². The van der Waals surface area contributed by atoms with Gasteiger partial charge in [-0.15, -0.1) is 0 Å². The van der Waals surface area contributed by atoms with E-state index in [1.165, 1.54) is 25.1 Å². The van der Waals surface area contributed by atoms with Crippen molar-refractivity contribution in [1.29, 1.82) is 0 Å². The van der Waals surface area contributed by atoms with Gasteiger partial charge < -0.3 is 15.3 Å². The van der Waals surface area contributed by atoms with Crippen molar-refractivity contribution in [2.75, 3.05) is 11.9 Å². The number of aliphatic hydroxyl groups is 1. The molecule has 1 aromatic rings. The van der Waals surface area contributed by atoms with Gasteiger partial charge in [0, 0.05) is 25.1 Å². The minimum atomic E-state index is -0.575. The van der Waals surface area contributed by atoms with Crippen LogP contribution in [0.1, 0.15) is 43.5 Å². The van der Waals surface area contributed by atoms with Crippen LogP contribution in [0.2, 0.25) is 0 Å². The van der Waals surface area contributed by atoms with E-state index in [9.17, 15) is 19.1 Å². The smallest absolute Gasteiger partial charge is 0.254 e. The number of halogens is 1. The largest absolute Gasteiger partial charge is 0.393 e. The molecule has 0 aliphatic carbocycles. The van der Waals surface area contributed by atoms with Gasteiger partial charge in [-0.1, -0.05) is 0 Å². The lowest BCUT2D eigenvalue weighted by molar-refractivity contribution is -0.114. The van der Waals surface area contributed by atoms with Crippen molar-refractivity contribution in [2.45, 2.75) is 45.3 Å². The molecule has 2 unspecified atom stereocenters. The molecule has 1 fully saturated rings. The van der Waals surface area contributed by atoms with Gasteiger partial charge in [0.2, 0.25) is 5.91 Å². The summed E-state index contributed by atoms with van der Waals surface area (Å²) in [7, 11) is 0. The minimum absolute atomic E-state index is 0.00164. The number of amides is 2. The van der Waals surface area contributed by atoms with Gasteiger partial charge >= 0.3 is 0 Å². The number of likely N-dealkylation sites (tertiary alicyclic amines) is 1. The third-order valence-corrected chi connectivity index (χ3v) is 3.78. The quantitative estimate of drug-likeness (QED) is 0.895. The molecule has 2 atom stereocenters. The molecule has 6 heteroatoms. The van der Waals surface area contributed by atoms with E-state index >= 15 is 0 Å². The Morgan fingerprint density at radius 1 is 1.50 bits per heavy atom. The van der Waals surface area contributed by atoms with E-state index in [0.29, 0.717) is 18.5 Å². The highest BCUT2D eigenvalue weighted by molar-refractivity contribution is 5.97. The predicted molar refractivity (Wildman–Crippen MR) is 81.1 cm³/mol. The molecule has 1 aliphatic heterocycles. The first-order valence-electron chi connectivity index (χ1n) is 7.44. The third kappa shape index (κ3) is 3.82. The number of rotatable bonds is 4. The molecule has 22 heavy (non-hydrogen) atoms. The van der Waals surface area contributed by atoms with E-state index in [0.717, 1.165) is 12.8 Å². The molecular weight excluding hydrogens is 287 g/mol. The minimum Gasteiger partial charge on any atom is -0.393 e. The summed E-state index contributed by atoms with van der Waals surface area (Å²) < 4.78 is 13.6. The standard InChI is InChI=1S/C16H21FN2O3/c1-10(20)8-13-4-3-7-19(13)16(22)12-5-6-14(17)15(9-12)18-11(2)21/h5-6,9-10,13,20H,3-4,7-8H2,1-2H3,(H,18,21). The molecule has 2 amide bonds. The van der Waals surface area contributed by atoms with Gasteiger partial charge in [-0.05, 0) is 44.4 Å². The van der Waals surface area contributed by atoms with Crippen LogP contribution in [0, 0.1) is 5.82 Å². The first-order chi connectivity index (χ1) is 10.4. The summed E-state index contributed by atoms with van der Waals surface area (Å²) in [6.07, 6.45) is 1.81. The zero-order valence-corrected chi connectivity index (χ0v) is 12.8. The maximum Gasteiger partial charge on any atom is 0.254 e. The number of nitrogens with zero attached hydrogens (tertiary/aromatic N) is 1. The van der Waals surface area contributed by atoms with E-state index in [-0.39, 0.29) is 17.6 Å². The van der Waals surface area contributed by atoms with Gasteiger partial charge in [-0.3, -0.25) is 9.59 Å². The van der Waals surface area contributed by atoms with Crippen molar-refractivity contribution < 1.29 is 19.1 Å². The van der Waals surface area contributed by atoms with E-state index in [4.69, 9.17) is 0 Å². The zero-order chi connectivity index (χ0) is 16.3. The summed E-state index contributed by atoms with van der Waals surface area (Å²) in [5, 5.41) is 11.9. The van der Waals surface area contributed by atoms with E-state index < -0.39 is 17.8 Å². The van der Waals surface area contributed by atoms with Gasteiger partial charge in [0.1, 0.15) is 5.82 Å². The van der Waals surface area contributed by atoms with Crippen molar-refractivity contribution in [3.05, 3.63) is 29.6 Å². The van der Waals surface area contributed by atoms with Gasteiger partial charge in [0.05, 0.1) is 11.8 Å². The molecule has 1 aromatic carbocycles. The van der Waals surface area contributed by atoms with Crippen LogP contribution >= 0.6 is 0 Å². The summed E-state index contributed by atoms with van der Waals surface area (Å²) in [5.41, 5.74) is 0.340. The van der Waals surface area contributed by atoms with Crippen molar-refractivity contribution in [3.8, 4) is 0 Å². The molecule has 0 radical (unpaired) electrons. The Hall–Kier alpha value is -1.95. The molecule has 1 saturated heterocycles. The van der Waals surface area contributed by atoms with Gasteiger partial charge in [0.15, 0.2) is 0 Å². The average Bonchev–Trinajstić information content (AvgIpc) is 2.87. The highest BCUT2D eigenvalue weighted by atomic mass is 19.1. The van der Waals surface area contributed by atoms with Crippen LogP contribution in [-0.2, 0) is 4.79 Å². The summed E-state index contributed by atoms with van der Waals surface area (Å²) >= 11 is 0. The first kappa shape index (κ1) is 16.4. The Morgan fingerprint density at radius 2 is 2.23 bits per heavy atom. The topological polar surface area (TPSA) is 69.6 Å². The summed E-state index contributed by atoms with van der Waals surface area (Å²) in [4.78, 5) is 25.4. The van der Waals surface area contributed by atoms with Crippen molar-refractivity contribution in [1.82, 2.24) is 4.90 Å². The number of carbonyl (C=O) groups is 2. The fourth-order valence-electron chi connectivity index (χ4n) is 2.85. The van der Waals surface area contributed by atoms with Crippen molar-refractivity contribution in [3.63, 3.8) is 0 Å². The molecular formula is C16H21FN2O3. The molecule has 120 valence electrons. The van der Waals surface area contributed by atoms with E-state index in [2.05, 4.69) is 5.32 Å². The molecule has 0 aromatic heterocycles. The molecule has 1 heterocycles. The van der Waals surface area contributed by atoms with Crippen LogP contribution < -0.4 is 5.32 Å². The number of hydrogen-bond donors (Lipinski definition) is 2. The molecule has 1 aliphatic rings. The maximum absolute atomic E-state index is 13.6. The van der Waals surface area contributed by atoms with E-state index in [1.807, 2.05) is 0 Å². The highest BCUT2D eigenvalue weighted by Crippen LogP contribution is 2.25. The summed E-state index contributed by atoms with van der Waals surface area (Å²) in [5.74, 6) is -1.17. The number of nitrogens with one attached hydrogen (secondary N) is 1. The Balaban J connectivity index is 2.20. The molecule has 0 saturated carbocycles. The van der Waals surface area contributed by atoms with Crippen LogP contribution in [0.25, 0.3) is 0 Å². The van der Waals surface area contributed by atoms with Gasteiger partial charge in [0.25, 0.3) is 5.91 Å². The highest BCUT2D eigenvalue weighted by Gasteiger charge is 2.30. The van der Waals surface area contributed by atoms with Crippen molar-refractivity contribution in [2.24, 2.45) is 0 Å². The second-order valence-corrected chi connectivity index (χ2v) is 5.76. The first-order valence-corrected chi connectivity index (χ1v) is 7.44. The summed E-state index contributed by atoms with van der Waals surface area (Å²) in [6, 6.07) is 3.96. The van der Waals surface area contributed by atoms with Gasteiger partial charge in [-0.25, -0.2) is 4.39 Å². The SMILES string of the molecule is CC(=O)Nc1cc(C(=O)N2CCCC2CC(C)O)ccc1F. The number of aliphatic hydroxyl groups excluding tert-OH is 1. The molecule has 0 spiro atoms. The number of carbonyl (C=O) groups excluding carboxylic acids is 2. The van der Waals surface area contributed by atoms with Crippen LogP contribution in [0.5, 0.6) is 0 Å². The van der Waals surface area contributed by atoms with Crippen molar-refractivity contribution >= 4 is 17.5 Å². The van der Waals surface area contributed by atoms with Crippen LogP contribution in [-0.4, -0.2) is 40.5 Å². The molecule has 0 bridgehead atoms. The average molecular weight is 308 g/mol. The second-order valence-electron chi connectivity index (χ2n) is 5.76. The number of hydrogen-bond acceptors (Lipinski definition) is 3. The number of benzene rings is 1. The Labute approximate surface area is 129 Å². The lowest BCUT2D eigenvalue weighted by atomic mass is 10.1. The third-order valence-electron chi connectivity index (χ3n) is 3.78. The van der Waals surface area contributed by atoms with E-state index in [1.54, 1.807) is 11.8 Å². The second kappa shape index (κ2) is 6.87. The molecule has 2 rings (SSSR count). The Morgan fingerprint density at radius 3 is 2.86 bits per heavy atom. The maximum atomic E-state index is 13.6. The lowest BCUT2D eigenvalue weighted by Gasteiger charge is -2.26. The van der Waals surface area contributed by atoms with Crippen LogP contribution in [0.15, 0.2) is 18.2 Å². The molecule has 5 nitrogen and oxygen atoms in total. The fourth-order valence-corrected chi connectivity index (χ4v) is 2.85. The number of anilines is 1. The Kier molecular flexibility index (Phi) is 5.13. The molecule has 2 N–H and O–H groups in total. The fraction of sp³-hybridized carbons (Fsp3) is 0.500. The monoisotopic (exact) mass is 308 g/mol.